The maximum absolute atomic E-state index is 10.4. The molecule has 3 heteroatoms. The van der Waals surface area contributed by atoms with Crippen molar-refractivity contribution in [3.63, 3.8) is 0 Å². The first-order valence-corrected chi connectivity index (χ1v) is 3.54. The minimum atomic E-state index is -0.774. The highest BCUT2D eigenvalue weighted by atomic mass is 16.4. The predicted molar refractivity (Wildman–Crippen MR) is 35.5 cm³/mol. The van der Waals surface area contributed by atoms with E-state index >= 15 is 0 Å². The van der Waals surface area contributed by atoms with Crippen LogP contribution in [-0.4, -0.2) is 22.3 Å². The molecule has 3 atom stereocenters. The number of carbonyl (C=O) groups is 1. The SMILES string of the molecule is C[C@@H]1[C@@H](O)CC[C@H]1C(=O)O. The molecule has 0 aromatic rings. The van der Waals surface area contributed by atoms with Crippen LogP contribution in [0.5, 0.6) is 0 Å². The van der Waals surface area contributed by atoms with E-state index in [1.54, 1.807) is 6.92 Å². The number of rotatable bonds is 1. The van der Waals surface area contributed by atoms with Crippen LogP contribution in [0.3, 0.4) is 0 Å². The molecule has 0 aliphatic heterocycles. The number of hydrogen-bond acceptors (Lipinski definition) is 2. The van der Waals surface area contributed by atoms with Gasteiger partial charge in [0.05, 0.1) is 12.0 Å². The molecular weight excluding hydrogens is 132 g/mol. The number of aliphatic hydroxyl groups excluding tert-OH is 1. The number of aliphatic hydroxyl groups is 1. The van der Waals surface area contributed by atoms with Crippen molar-refractivity contribution in [3.8, 4) is 0 Å². The largest absolute Gasteiger partial charge is 0.481 e. The summed E-state index contributed by atoms with van der Waals surface area (Å²) in [5.41, 5.74) is 0. The van der Waals surface area contributed by atoms with Gasteiger partial charge in [0, 0.05) is 0 Å². The van der Waals surface area contributed by atoms with Crippen LogP contribution in [0.4, 0.5) is 0 Å². The molecule has 3 nitrogen and oxygen atoms in total. The second-order valence-electron chi connectivity index (χ2n) is 2.95. The van der Waals surface area contributed by atoms with Crippen LogP contribution in [0.1, 0.15) is 19.8 Å². The smallest absolute Gasteiger partial charge is 0.306 e. The van der Waals surface area contributed by atoms with E-state index in [2.05, 4.69) is 0 Å². The summed E-state index contributed by atoms with van der Waals surface area (Å²) >= 11 is 0. The van der Waals surface area contributed by atoms with E-state index in [9.17, 15) is 4.79 Å². The highest BCUT2D eigenvalue weighted by Gasteiger charge is 2.35. The molecule has 0 saturated heterocycles. The quantitative estimate of drug-likeness (QED) is 0.562. The highest BCUT2D eigenvalue weighted by Crippen LogP contribution is 2.31. The van der Waals surface area contributed by atoms with Gasteiger partial charge in [0.15, 0.2) is 0 Å². The second kappa shape index (κ2) is 2.58. The molecule has 1 fully saturated rings. The number of hydrogen-bond donors (Lipinski definition) is 2. The molecule has 0 unspecified atom stereocenters. The lowest BCUT2D eigenvalue weighted by Gasteiger charge is -2.11. The molecule has 2 N–H and O–H groups in total. The average Bonchev–Trinajstić information content (AvgIpc) is 2.14. The molecule has 0 heterocycles. The van der Waals surface area contributed by atoms with Gasteiger partial charge in [-0.1, -0.05) is 6.92 Å². The zero-order valence-corrected chi connectivity index (χ0v) is 5.95. The van der Waals surface area contributed by atoms with Gasteiger partial charge in [-0.05, 0) is 18.8 Å². The molecule has 58 valence electrons. The van der Waals surface area contributed by atoms with E-state index in [0.717, 1.165) is 0 Å². The van der Waals surface area contributed by atoms with Crippen molar-refractivity contribution in [2.45, 2.75) is 25.9 Å². The van der Waals surface area contributed by atoms with E-state index in [-0.39, 0.29) is 11.8 Å². The molecule has 1 aliphatic rings. The van der Waals surface area contributed by atoms with Gasteiger partial charge >= 0.3 is 5.97 Å². The van der Waals surface area contributed by atoms with Crippen LogP contribution in [0.2, 0.25) is 0 Å². The minimum Gasteiger partial charge on any atom is -0.481 e. The lowest BCUT2D eigenvalue weighted by Crippen LogP contribution is -2.21. The summed E-state index contributed by atoms with van der Waals surface area (Å²) in [5, 5.41) is 17.7. The van der Waals surface area contributed by atoms with Gasteiger partial charge in [0.2, 0.25) is 0 Å². The van der Waals surface area contributed by atoms with E-state index in [1.807, 2.05) is 0 Å². The van der Waals surface area contributed by atoms with Crippen molar-refractivity contribution < 1.29 is 15.0 Å². The summed E-state index contributed by atoms with van der Waals surface area (Å²) in [7, 11) is 0. The Morgan fingerprint density at radius 3 is 2.30 bits per heavy atom. The third kappa shape index (κ3) is 1.14. The highest BCUT2D eigenvalue weighted by molar-refractivity contribution is 5.70. The second-order valence-corrected chi connectivity index (χ2v) is 2.95. The van der Waals surface area contributed by atoms with Crippen LogP contribution in [0.25, 0.3) is 0 Å². The topological polar surface area (TPSA) is 57.5 Å². The zero-order valence-electron chi connectivity index (χ0n) is 5.95. The van der Waals surface area contributed by atoms with Crippen LogP contribution in [0, 0.1) is 11.8 Å². The molecule has 1 saturated carbocycles. The standard InChI is InChI=1S/C7H12O3/c1-4-5(7(9)10)2-3-6(4)8/h4-6,8H,2-3H2,1H3,(H,9,10)/t4-,5+,6-/m0/s1. The monoisotopic (exact) mass is 144 g/mol. The van der Waals surface area contributed by atoms with E-state index in [1.165, 1.54) is 0 Å². The molecular formula is C7H12O3. The van der Waals surface area contributed by atoms with Gasteiger partial charge in [-0.2, -0.15) is 0 Å². The molecule has 1 aliphatic carbocycles. The molecule has 1 rings (SSSR count). The van der Waals surface area contributed by atoms with Crippen LogP contribution in [-0.2, 0) is 4.79 Å². The first-order chi connectivity index (χ1) is 4.63. The lowest BCUT2D eigenvalue weighted by molar-refractivity contribution is -0.143. The summed E-state index contributed by atoms with van der Waals surface area (Å²) < 4.78 is 0. The average molecular weight is 144 g/mol. The van der Waals surface area contributed by atoms with Crippen molar-refractivity contribution in [2.75, 3.05) is 0 Å². The fourth-order valence-corrected chi connectivity index (χ4v) is 1.49. The summed E-state index contributed by atoms with van der Waals surface area (Å²) in [6, 6.07) is 0. The van der Waals surface area contributed by atoms with Crippen LogP contribution < -0.4 is 0 Å². The van der Waals surface area contributed by atoms with Gasteiger partial charge in [-0.25, -0.2) is 0 Å². The fourth-order valence-electron chi connectivity index (χ4n) is 1.49. The Hall–Kier alpha value is -0.570. The normalized spacial score (nSPS) is 40.0. The van der Waals surface area contributed by atoms with Gasteiger partial charge < -0.3 is 10.2 Å². The first-order valence-electron chi connectivity index (χ1n) is 3.54. The van der Waals surface area contributed by atoms with E-state index in [4.69, 9.17) is 10.2 Å². The Labute approximate surface area is 59.7 Å². The molecule has 0 aromatic carbocycles. The minimum absolute atomic E-state index is 0.0718. The number of carboxylic acid groups (broad SMARTS) is 1. The van der Waals surface area contributed by atoms with Gasteiger partial charge in [-0.3, -0.25) is 4.79 Å². The summed E-state index contributed by atoms with van der Waals surface area (Å²) in [6.07, 6.45) is 0.858. The van der Waals surface area contributed by atoms with Crippen molar-refractivity contribution in [2.24, 2.45) is 11.8 Å². The third-order valence-electron chi connectivity index (χ3n) is 2.33. The molecule has 10 heavy (non-hydrogen) atoms. The molecule has 0 radical (unpaired) electrons. The van der Waals surface area contributed by atoms with E-state index in [0.29, 0.717) is 12.8 Å². The Morgan fingerprint density at radius 2 is 2.10 bits per heavy atom. The summed E-state index contributed by atoms with van der Waals surface area (Å²) in [6.45, 7) is 1.79. The van der Waals surface area contributed by atoms with Gasteiger partial charge in [-0.15, -0.1) is 0 Å². The summed E-state index contributed by atoms with van der Waals surface area (Å²) in [5.74, 6) is -1.17. The van der Waals surface area contributed by atoms with Crippen LogP contribution in [0.15, 0.2) is 0 Å². The Morgan fingerprint density at radius 1 is 1.50 bits per heavy atom. The Kier molecular flexibility index (Phi) is 1.94. The van der Waals surface area contributed by atoms with E-state index < -0.39 is 12.1 Å². The van der Waals surface area contributed by atoms with Crippen molar-refractivity contribution in [1.82, 2.24) is 0 Å². The van der Waals surface area contributed by atoms with Gasteiger partial charge in [0.1, 0.15) is 0 Å². The lowest BCUT2D eigenvalue weighted by atomic mass is 9.97. The fraction of sp³-hybridized carbons (Fsp3) is 0.857. The predicted octanol–water partition coefficient (Wildman–Crippen LogP) is 0.478. The number of carboxylic acids is 1. The Balaban J connectivity index is 2.57. The summed E-state index contributed by atoms with van der Waals surface area (Å²) in [4.78, 5) is 10.4. The van der Waals surface area contributed by atoms with Crippen molar-refractivity contribution >= 4 is 5.97 Å². The third-order valence-corrected chi connectivity index (χ3v) is 2.33. The first kappa shape index (κ1) is 7.54. The van der Waals surface area contributed by atoms with Crippen LogP contribution >= 0.6 is 0 Å². The van der Waals surface area contributed by atoms with Crippen molar-refractivity contribution in [1.29, 1.82) is 0 Å². The maximum atomic E-state index is 10.4. The molecule has 0 spiro atoms. The number of aliphatic carboxylic acids is 1. The zero-order chi connectivity index (χ0) is 7.72. The van der Waals surface area contributed by atoms with Crippen molar-refractivity contribution in [3.05, 3.63) is 0 Å². The Bertz CT molecular complexity index is 144. The molecule has 0 aromatic heterocycles. The maximum Gasteiger partial charge on any atom is 0.306 e. The molecule has 0 bridgehead atoms. The molecule has 0 amide bonds. The van der Waals surface area contributed by atoms with Gasteiger partial charge in [0.25, 0.3) is 0 Å².